The van der Waals surface area contributed by atoms with Gasteiger partial charge in [0.25, 0.3) is 0 Å². The molecule has 2 rings (SSSR count). The first-order valence-corrected chi connectivity index (χ1v) is 4.71. The van der Waals surface area contributed by atoms with E-state index in [0.29, 0.717) is 5.69 Å². The topological polar surface area (TPSA) is 58.9 Å². The van der Waals surface area contributed by atoms with Crippen LogP contribution in [0.15, 0.2) is 30.7 Å². The summed E-state index contributed by atoms with van der Waals surface area (Å²) in [6.07, 6.45) is 4.85. The Hall–Kier alpha value is -1.52. The first kappa shape index (κ1) is 10.0. The standard InChI is InChI=1S/C10H8ClN3O/c11-10-13-2-1-9(14-10)8-3-7(6-15)4-12-5-8/h1-5,15H,6H2. The monoisotopic (exact) mass is 221 g/mol. The van der Waals surface area contributed by atoms with Crippen molar-refractivity contribution in [2.75, 3.05) is 0 Å². The molecular weight excluding hydrogens is 214 g/mol. The van der Waals surface area contributed by atoms with E-state index in [9.17, 15) is 0 Å². The molecule has 0 aliphatic rings. The molecule has 2 aromatic rings. The lowest BCUT2D eigenvalue weighted by Gasteiger charge is -2.01. The molecule has 0 saturated carbocycles. The third kappa shape index (κ3) is 2.29. The van der Waals surface area contributed by atoms with Crippen molar-refractivity contribution < 1.29 is 5.11 Å². The van der Waals surface area contributed by atoms with Gasteiger partial charge in [-0.3, -0.25) is 4.98 Å². The summed E-state index contributed by atoms with van der Waals surface area (Å²) < 4.78 is 0. The van der Waals surface area contributed by atoms with Crippen molar-refractivity contribution in [1.29, 1.82) is 0 Å². The van der Waals surface area contributed by atoms with E-state index in [1.807, 2.05) is 6.07 Å². The highest BCUT2D eigenvalue weighted by molar-refractivity contribution is 6.28. The van der Waals surface area contributed by atoms with Crippen molar-refractivity contribution in [2.45, 2.75) is 6.61 Å². The molecule has 15 heavy (non-hydrogen) atoms. The van der Waals surface area contributed by atoms with Crippen LogP contribution in [0.5, 0.6) is 0 Å². The van der Waals surface area contributed by atoms with E-state index in [1.165, 1.54) is 0 Å². The molecule has 1 N–H and O–H groups in total. The minimum absolute atomic E-state index is 0.0420. The summed E-state index contributed by atoms with van der Waals surface area (Å²) in [7, 11) is 0. The van der Waals surface area contributed by atoms with Gasteiger partial charge in [-0.15, -0.1) is 0 Å². The molecule has 4 nitrogen and oxygen atoms in total. The fourth-order valence-electron chi connectivity index (χ4n) is 1.21. The van der Waals surface area contributed by atoms with Gasteiger partial charge in [0.2, 0.25) is 5.28 Å². The van der Waals surface area contributed by atoms with Crippen LogP contribution in [0.2, 0.25) is 5.28 Å². The first-order chi connectivity index (χ1) is 7.29. The maximum atomic E-state index is 8.96. The molecule has 0 fully saturated rings. The minimum atomic E-state index is -0.0420. The van der Waals surface area contributed by atoms with Crippen molar-refractivity contribution in [3.8, 4) is 11.3 Å². The minimum Gasteiger partial charge on any atom is -0.392 e. The second kappa shape index (κ2) is 4.33. The molecule has 0 aromatic carbocycles. The summed E-state index contributed by atoms with van der Waals surface area (Å²) in [5, 5.41) is 9.16. The number of aliphatic hydroxyl groups is 1. The second-order valence-corrected chi connectivity index (χ2v) is 3.29. The first-order valence-electron chi connectivity index (χ1n) is 4.33. The highest BCUT2D eigenvalue weighted by atomic mass is 35.5. The highest BCUT2D eigenvalue weighted by Crippen LogP contribution is 2.17. The van der Waals surface area contributed by atoms with Crippen molar-refractivity contribution >= 4 is 11.6 Å². The van der Waals surface area contributed by atoms with Crippen molar-refractivity contribution in [2.24, 2.45) is 0 Å². The average molecular weight is 222 g/mol. The molecule has 0 aliphatic heterocycles. The van der Waals surface area contributed by atoms with Gasteiger partial charge in [-0.1, -0.05) is 0 Å². The quantitative estimate of drug-likeness (QED) is 0.784. The number of hydrogen-bond acceptors (Lipinski definition) is 4. The van der Waals surface area contributed by atoms with Gasteiger partial charge in [0.05, 0.1) is 12.3 Å². The van der Waals surface area contributed by atoms with E-state index < -0.39 is 0 Å². The van der Waals surface area contributed by atoms with Crippen molar-refractivity contribution in [1.82, 2.24) is 15.0 Å². The fraction of sp³-hybridized carbons (Fsp3) is 0.100. The van der Waals surface area contributed by atoms with E-state index >= 15 is 0 Å². The number of pyridine rings is 1. The molecular formula is C10H8ClN3O. The molecule has 0 atom stereocenters. The summed E-state index contributed by atoms with van der Waals surface area (Å²) in [4.78, 5) is 11.8. The zero-order valence-corrected chi connectivity index (χ0v) is 8.52. The Bertz CT molecular complexity index is 476. The Kier molecular flexibility index (Phi) is 2.89. The molecule has 0 radical (unpaired) electrons. The van der Waals surface area contributed by atoms with E-state index in [0.717, 1.165) is 11.1 Å². The molecule has 5 heteroatoms. The number of halogens is 1. The molecule has 0 unspecified atom stereocenters. The van der Waals surface area contributed by atoms with Gasteiger partial charge in [-0.2, -0.15) is 0 Å². The zero-order chi connectivity index (χ0) is 10.7. The Labute approximate surface area is 91.6 Å². The molecule has 0 amide bonds. The molecule has 2 heterocycles. The second-order valence-electron chi connectivity index (χ2n) is 2.95. The van der Waals surface area contributed by atoms with E-state index in [4.69, 9.17) is 16.7 Å². The average Bonchev–Trinajstić information content (AvgIpc) is 2.29. The summed E-state index contributed by atoms with van der Waals surface area (Å²) >= 11 is 5.68. The molecule has 0 saturated heterocycles. The number of hydrogen-bond donors (Lipinski definition) is 1. The van der Waals surface area contributed by atoms with Gasteiger partial charge in [0.1, 0.15) is 0 Å². The predicted octanol–water partition coefficient (Wildman–Crippen LogP) is 1.68. The smallest absolute Gasteiger partial charge is 0.222 e. The molecule has 2 aromatic heterocycles. The fourth-order valence-corrected chi connectivity index (χ4v) is 1.36. The lowest BCUT2D eigenvalue weighted by Crippen LogP contribution is -1.90. The van der Waals surface area contributed by atoms with Gasteiger partial charge in [0.15, 0.2) is 0 Å². The number of aliphatic hydroxyl groups excluding tert-OH is 1. The van der Waals surface area contributed by atoms with Crippen LogP contribution < -0.4 is 0 Å². The van der Waals surface area contributed by atoms with Crippen LogP contribution >= 0.6 is 11.6 Å². The SMILES string of the molecule is OCc1cncc(-c2ccnc(Cl)n2)c1. The van der Waals surface area contributed by atoms with E-state index in [1.54, 1.807) is 24.7 Å². The van der Waals surface area contributed by atoms with Crippen LogP contribution in [0.3, 0.4) is 0 Å². The zero-order valence-electron chi connectivity index (χ0n) is 7.76. The van der Waals surface area contributed by atoms with Crippen LogP contribution in [0, 0.1) is 0 Å². The third-order valence-corrected chi connectivity index (χ3v) is 2.08. The Morgan fingerprint density at radius 2 is 2.20 bits per heavy atom. The number of nitrogens with zero attached hydrogens (tertiary/aromatic N) is 3. The lowest BCUT2D eigenvalue weighted by atomic mass is 10.1. The molecule has 0 bridgehead atoms. The van der Waals surface area contributed by atoms with Crippen LogP contribution in [-0.4, -0.2) is 20.1 Å². The maximum absolute atomic E-state index is 8.96. The Balaban J connectivity index is 2.44. The largest absolute Gasteiger partial charge is 0.392 e. The molecule has 0 aliphatic carbocycles. The van der Waals surface area contributed by atoms with Gasteiger partial charge >= 0.3 is 0 Å². The Morgan fingerprint density at radius 3 is 2.93 bits per heavy atom. The van der Waals surface area contributed by atoms with Crippen LogP contribution in [0.4, 0.5) is 0 Å². The third-order valence-electron chi connectivity index (χ3n) is 1.90. The van der Waals surface area contributed by atoms with Crippen LogP contribution in [0.25, 0.3) is 11.3 Å². The van der Waals surface area contributed by atoms with Gasteiger partial charge in [0, 0.05) is 24.2 Å². The lowest BCUT2D eigenvalue weighted by molar-refractivity contribution is 0.281. The summed E-state index contributed by atoms with van der Waals surface area (Å²) in [6, 6.07) is 3.55. The van der Waals surface area contributed by atoms with Gasteiger partial charge < -0.3 is 5.11 Å². The van der Waals surface area contributed by atoms with Crippen LogP contribution in [0.1, 0.15) is 5.56 Å². The van der Waals surface area contributed by atoms with Crippen LogP contribution in [-0.2, 0) is 6.61 Å². The number of aromatic nitrogens is 3. The Morgan fingerprint density at radius 1 is 1.33 bits per heavy atom. The van der Waals surface area contributed by atoms with Gasteiger partial charge in [-0.05, 0) is 29.3 Å². The van der Waals surface area contributed by atoms with Crippen molar-refractivity contribution in [3.05, 3.63) is 41.6 Å². The molecule has 76 valence electrons. The summed E-state index contributed by atoms with van der Waals surface area (Å²) in [5.74, 6) is 0. The highest BCUT2D eigenvalue weighted by Gasteiger charge is 2.02. The number of rotatable bonds is 2. The molecule has 0 spiro atoms. The predicted molar refractivity (Wildman–Crippen MR) is 56.2 cm³/mol. The van der Waals surface area contributed by atoms with E-state index in [-0.39, 0.29) is 11.9 Å². The van der Waals surface area contributed by atoms with E-state index in [2.05, 4.69) is 15.0 Å². The normalized spacial score (nSPS) is 10.3. The maximum Gasteiger partial charge on any atom is 0.222 e. The van der Waals surface area contributed by atoms with Gasteiger partial charge in [-0.25, -0.2) is 9.97 Å². The van der Waals surface area contributed by atoms with Crippen molar-refractivity contribution in [3.63, 3.8) is 0 Å². The summed E-state index contributed by atoms with van der Waals surface area (Å²) in [5.41, 5.74) is 2.24. The summed E-state index contributed by atoms with van der Waals surface area (Å²) in [6.45, 7) is -0.0420.